The highest BCUT2D eigenvalue weighted by atomic mass is 16.6. The van der Waals surface area contributed by atoms with Crippen molar-refractivity contribution in [3.63, 3.8) is 0 Å². The van der Waals surface area contributed by atoms with Crippen molar-refractivity contribution in [3.05, 3.63) is 96.1 Å². The number of aliphatic hydroxyl groups excluding tert-OH is 1. The highest BCUT2D eigenvalue weighted by molar-refractivity contribution is 6.05. The normalized spacial score (nSPS) is 17.4. The second kappa shape index (κ2) is 10.8. The summed E-state index contributed by atoms with van der Waals surface area (Å²) in [6.45, 7) is 0.239. The van der Waals surface area contributed by atoms with Crippen molar-refractivity contribution >= 4 is 17.5 Å². The molecule has 1 aliphatic heterocycles. The third-order valence-corrected chi connectivity index (χ3v) is 5.81. The Kier molecular flexibility index (Phi) is 7.34. The fraction of sp³-hybridized carbons (Fsp3) is 0.222. The van der Waals surface area contributed by atoms with E-state index in [1.165, 1.54) is 12.0 Å². The molecule has 7 nitrogen and oxygen atoms in total. The van der Waals surface area contributed by atoms with E-state index in [0.717, 1.165) is 11.1 Å². The maximum atomic E-state index is 13.5. The van der Waals surface area contributed by atoms with Gasteiger partial charge in [0, 0.05) is 18.5 Å². The van der Waals surface area contributed by atoms with Gasteiger partial charge in [-0.2, -0.15) is 0 Å². The van der Waals surface area contributed by atoms with E-state index in [1.807, 2.05) is 66.7 Å². The van der Waals surface area contributed by atoms with Gasteiger partial charge in [0.1, 0.15) is 13.2 Å². The number of oxime groups is 1. The van der Waals surface area contributed by atoms with E-state index in [1.54, 1.807) is 18.2 Å². The molecular weight excluding hydrogens is 430 g/mol. The van der Waals surface area contributed by atoms with E-state index in [0.29, 0.717) is 16.8 Å². The van der Waals surface area contributed by atoms with Gasteiger partial charge in [0.2, 0.25) is 5.91 Å². The lowest BCUT2D eigenvalue weighted by Crippen LogP contribution is -2.46. The first-order chi connectivity index (χ1) is 16.6. The van der Waals surface area contributed by atoms with Gasteiger partial charge in [-0.3, -0.25) is 9.59 Å². The third kappa shape index (κ3) is 5.32. The van der Waals surface area contributed by atoms with Crippen LogP contribution in [0.2, 0.25) is 0 Å². The number of likely N-dealkylation sites (tertiary alicyclic amines) is 1. The van der Waals surface area contributed by atoms with Crippen LogP contribution in [0.4, 0.5) is 0 Å². The molecule has 4 rings (SSSR count). The average Bonchev–Trinajstić information content (AvgIpc) is 3.32. The summed E-state index contributed by atoms with van der Waals surface area (Å²) < 4.78 is 0. The van der Waals surface area contributed by atoms with Crippen LogP contribution in [-0.2, 0) is 9.63 Å². The molecular formula is C27H27N3O4. The van der Waals surface area contributed by atoms with Gasteiger partial charge in [0.25, 0.3) is 5.91 Å². The van der Waals surface area contributed by atoms with Crippen LogP contribution in [0.15, 0.2) is 90.1 Å². The van der Waals surface area contributed by atoms with Gasteiger partial charge < -0.3 is 20.2 Å². The van der Waals surface area contributed by atoms with Gasteiger partial charge in [0.05, 0.1) is 18.4 Å². The number of carbonyl (C=O) groups excluding carboxylic acids is 2. The summed E-state index contributed by atoms with van der Waals surface area (Å²) in [7, 11) is 1.44. The lowest BCUT2D eigenvalue weighted by Gasteiger charge is -2.24. The molecule has 1 aliphatic rings. The molecule has 0 bridgehead atoms. The number of rotatable bonds is 7. The summed E-state index contributed by atoms with van der Waals surface area (Å²) >= 11 is 0. The Morgan fingerprint density at radius 1 is 1.03 bits per heavy atom. The molecule has 0 aliphatic carbocycles. The topological polar surface area (TPSA) is 91.2 Å². The van der Waals surface area contributed by atoms with E-state index < -0.39 is 12.1 Å². The molecule has 0 saturated carbocycles. The van der Waals surface area contributed by atoms with Gasteiger partial charge in [-0.1, -0.05) is 78.0 Å². The zero-order valence-electron chi connectivity index (χ0n) is 18.9. The Hall–Kier alpha value is -3.97. The maximum Gasteiger partial charge on any atom is 0.254 e. The molecule has 0 aromatic heterocycles. The number of nitrogens with one attached hydrogen (secondary N) is 1. The van der Waals surface area contributed by atoms with Gasteiger partial charge in [-0.25, -0.2) is 0 Å². The van der Waals surface area contributed by atoms with E-state index in [9.17, 15) is 14.7 Å². The largest absolute Gasteiger partial charge is 0.399 e. The monoisotopic (exact) mass is 457 g/mol. The van der Waals surface area contributed by atoms with Crippen LogP contribution < -0.4 is 5.32 Å². The minimum Gasteiger partial charge on any atom is -0.399 e. The zero-order valence-corrected chi connectivity index (χ0v) is 18.9. The van der Waals surface area contributed by atoms with E-state index in [4.69, 9.17) is 4.84 Å². The number of hydrogen-bond donors (Lipinski definition) is 2. The molecule has 2 amide bonds. The van der Waals surface area contributed by atoms with Crippen LogP contribution >= 0.6 is 0 Å². The summed E-state index contributed by atoms with van der Waals surface area (Å²) in [6.07, 6.45) is -0.573. The van der Waals surface area contributed by atoms with Crippen molar-refractivity contribution < 1.29 is 19.5 Å². The minimum atomic E-state index is -0.842. The summed E-state index contributed by atoms with van der Waals surface area (Å²) in [5.74, 6) is -0.605. The van der Waals surface area contributed by atoms with E-state index in [-0.39, 0.29) is 31.3 Å². The highest BCUT2D eigenvalue weighted by Crippen LogP contribution is 2.24. The standard InChI is InChI=1S/C27H27N3O4/c1-34-29-23-16-24(26(32)28-17-25(31)20-11-6-3-7-12-20)30(18-23)27(33)22-14-8-13-21(15-22)19-9-4-2-5-10-19/h2-15,24-25,31H,16-18H2,1H3,(H,28,32)/t24-,25?/m0/s1. The molecule has 1 heterocycles. The Bertz CT molecular complexity index is 1160. The molecule has 0 spiro atoms. The first kappa shape index (κ1) is 23.2. The fourth-order valence-electron chi connectivity index (χ4n) is 4.08. The summed E-state index contributed by atoms with van der Waals surface area (Å²) in [5, 5.41) is 17.2. The molecule has 174 valence electrons. The van der Waals surface area contributed by atoms with Crippen molar-refractivity contribution in [3.8, 4) is 11.1 Å². The van der Waals surface area contributed by atoms with Gasteiger partial charge in [-0.15, -0.1) is 0 Å². The first-order valence-corrected chi connectivity index (χ1v) is 11.1. The molecule has 34 heavy (non-hydrogen) atoms. The molecule has 2 N–H and O–H groups in total. The van der Waals surface area contributed by atoms with Crippen molar-refractivity contribution in [2.75, 3.05) is 20.2 Å². The second-order valence-corrected chi connectivity index (χ2v) is 8.11. The number of benzene rings is 3. The van der Waals surface area contributed by atoms with Crippen LogP contribution in [0.1, 0.15) is 28.4 Å². The maximum absolute atomic E-state index is 13.5. The molecule has 7 heteroatoms. The Labute approximate surface area is 198 Å². The van der Waals surface area contributed by atoms with Gasteiger partial charge in [0.15, 0.2) is 0 Å². The quantitative estimate of drug-likeness (QED) is 0.532. The predicted molar refractivity (Wildman–Crippen MR) is 130 cm³/mol. The first-order valence-electron chi connectivity index (χ1n) is 11.1. The lowest BCUT2D eigenvalue weighted by atomic mass is 10.0. The molecule has 3 aromatic carbocycles. The average molecular weight is 458 g/mol. The van der Waals surface area contributed by atoms with E-state index in [2.05, 4.69) is 10.5 Å². The lowest BCUT2D eigenvalue weighted by molar-refractivity contribution is -0.125. The van der Waals surface area contributed by atoms with Gasteiger partial charge >= 0.3 is 0 Å². The minimum absolute atomic E-state index is 0.0433. The Balaban J connectivity index is 1.51. The fourth-order valence-corrected chi connectivity index (χ4v) is 4.08. The van der Waals surface area contributed by atoms with Crippen LogP contribution in [-0.4, -0.2) is 53.8 Å². The molecule has 1 saturated heterocycles. The highest BCUT2D eigenvalue weighted by Gasteiger charge is 2.38. The van der Waals surface area contributed by atoms with Crippen LogP contribution in [0, 0.1) is 0 Å². The summed E-state index contributed by atoms with van der Waals surface area (Å²) in [5.41, 5.74) is 3.73. The molecule has 0 radical (unpaired) electrons. The molecule has 3 aromatic rings. The van der Waals surface area contributed by atoms with Crippen molar-refractivity contribution in [1.29, 1.82) is 0 Å². The second-order valence-electron chi connectivity index (χ2n) is 8.11. The molecule has 1 unspecified atom stereocenters. The summed E-state index contributed by atoms with van der Waals surface area (Å²) in [6, 6.07) is 25.5. The molecule has 2 atom stereocenters. The Morgan fingerprint density at radius 2 is 1.71 bits per heavy atom. The van der Waals surface area contributed by atoms with Crippen LogP contribution in [0.25, 0.3) is 11.1 Å². The SMILES string of the molecule is CON=C1C[C@@H](C(=O)NCC(O)c2ccccc2)N(C(=O)c2cccc(-c3ccccc3)c2)C1. The number of carbonyl (C=O) groups is 2. The van der Waals surface area contributed by atoms with Crippen molar-refractivity contribution in [1.82, 2.24) is 10.2 Å². The predicted octanol–water partition coefficient (Wildman–Crippen LogP) is 3.42. The van der Waals surface area contributed by atoms with Crippen LogP contribution in [0.3, 0.4) is 0 Å². The van der Waals surface area contributed by atoms with E-state index >= 15 is 0 Å². The number of nitrogens with zero attached hydrogens (tertiary/aromatic N) is 2. The Morgan fingerprint density at radius 3 is 2.41 bits per heavy atom. The number of hydrogen-bond acceptors (Lipinski definition) is 5. The van der Waals surface area contributed by atoms with Crippen molar-refractivity contribution in [2.45, 2.75) is 18.6 Å². The third-order valence-electron chi connectivity index (χ3n) is 5.81. The summed E-state index contributed by atoms with van der Waals surface area (Å²) in [4.78, 5) is 32.9. The number of amides is 2. The van der Waals surface area contributed by atoms with Gasteiger partial charge in [-0.05, 0) is 28.8 Å². The zero-order chi connectivity index (χ0) is 23.9. The van der Waals surface area contributed by atoms with Crippen LogP contribution in [0.5, 0.6) is 0 Å². The molecule has 1 fully saturated rings. The van der Waals surface area contributed by atoms with Crippen molar-refractivity contribution in [2.24, 2.45) is 5.16 Å². The number of aliphatic hydroxyl groups is 1. The smallest absolute Gasteiger partial charge is 0.254 e.